The minimum Gasteiger partial charge on any atom is -0.464 e. The van der Waals surface area contributed by atoms with E-state index in [9.17, 15) is 0 Å². The lowest BCUT2D eigenvalue weighted by Gasteiger charge is -2.05. The molecule has 0 atom stereocenters. The van der Waals surface area contributed by atoms with Crippen LogP contribution in [0.1, 0.15) is 18.9 Å². The van der Waals surface area contributed by atoms with Crippen molar-refractivity contribution in [3.8, 4) is 5.75 Å². The second-order valence-electron chi connectivity index (χ2n) is 4.04. The van der Waals surface area contributed by atoms with E-state index in [-0.39, 0.29) is 6.79 Å². The van der Waals surface area contributed by atoms with E-state index < -0.39 is 0 Å². The molecule has 0 aliphatic carbocycles. The molecule has 2 rings (SSSR count). The molecule has 4 nitrogen and oxygen atoms in total. The number of aryl methyl sites for hydroxylation is 1. The number of nitrogens with zero attached hydrogens (tertiary/aromatic N) is 2. The molecule has 0 unspecified atom stereocenters. The summed E-state index contributed by atoms with van der Waals surface area (Å²) in [4.78, 5) is 0. The second kappa shape index (κ2) is 6.81. The van der Waals surface area contributed by atoms with E-state index in [2.05, 4.69) is 12.0 Å². The highest BCUT2D eigenvalue weighted by atomic mass is 16.7. The van der Waals surface area contributed by atoms with Crippen molar-refractivity contribution >= 4 is 0 Å². The van der Waals surface area contributed by atoms with E-state index in [1.54, 1.807) is 6.20 Å². The standard InChI is InChI=1S/C14H18N2O2/c1-2-8-16-10-14(9-15-16)18-12-17-11-13-6-4-3-5-7-13/h3-7,9-10H,2,8,11-12H2,1H3. The Kier molecular flexibility index (Phi) is 4.78. The molecular formula is C14H18N2O2. The van der Waals surface area contributed by atoms with Crippen LogP contribution in [0.25, 0.3) is 0 Å². The summed E-state index contributed by atoms with van der Waals surface area (Å²) in [7, 11) is 0. The number of hydrogen-bond acceptors (Lipinski definition) is 3. The van der Waals surface area contributed by atoms with Crippen LogP contribution in [0.15, 0.2) is 42.7 Å². The third-order valence-corrected chi connectivity index (χ3v) is 2.48. The van der Waals surface area contributed by atoms with Crippen molar-refractivity contribution in [2.24, 2.45) is 0 Å². The van der Waals surface area contributed by atoms with Gasteiger partial charge >= 0.3 is 0 Å². The Hall–Kier alpha value is -1.81. The SMILES string of the molecule is CCCn1cc(OCOCc2ccccc2)cn1. The highest BCUT2D eigenvalue weighted by Gasteiger charge is 1.98. The molecule has 0 N–H and O–H groups in total. The van der Waals surface area contributed by atoms with Crippen molar-refractivity contribution in [3.63, 3.8) is 0 Å². The third-order valence-electron chi connectivity index (χ3n) is 2.48. The highest BCUT2D eigenvalue weighted by Crippen LogP contribution is 2.09. The zero-order chi connectivity index (χ0) is 12.6. The molecule has 0 fully saturated rings. The molecule has 0 aliphatic heterocycles. The van der Waals surface area contributed by atoms with E-state index in [0.717, 1.165) is 24.3 Å². The maximum absolute atomic E-state index is 5.45. The Bertz CT molecular complexity index is 454. The molecule has 96 valence electrons. The van der Waals surface area contributed by atoms with Crippen LogP contribution in [-0.2, 0) is 17.9 Å². The minimum absolute atomic E-state index is 0.243. The molecule has 0 aliphatic rings. The number of aromatic nitrogens is 2. The first kappa shape index (κ1) is 12.6. The molecule has 0 amide bonds. The Morgan fingerprint density at radius 2 is 2.06 bits per heavy atom. The first-order chi connectivity index (χ1) is 8.88. The minimum atomic E-state index is 0.243. The molecule has 0 spiro atoms. The molecule has 1 aromatic heterocycles. The van der Waals surface area contributed by atoms with Gasteiger partial charge in [-0.2, -0.15) is 5.10 Å². The molecule has 0 saturated carbocycles. The lowest BCUT2D eigenvalue weighted by molar-refractivity contribution is 0.00499. The number of hydrogen-bond donors (Lipinski definition) is 0. The van der Waals surface area contributed by atoms with Gasteiger partial charge in [0.2, 0.25) is 0 Å². The van der Waals surface area contributed by atoms with Crippen LogP contribution in [0.5, 0.6) is 5.75 Å². The van der Waals surface area contributed by atoms with Crippen LogP contribution in [0.3, 0.4) is 0 Å². The Morgan fingerprint density at radius 1 is 1.22 bits per heavy atom. The van der Waals surface area contributed by atoms with Crippen LogP contribution in [0, 0.1) is 0 Å². The summed E-state index contributed by atoms with van der Waals surface area (Å²) in [6.07, 6.45) is 4.66. The molecule has 18 heavy (non-hydrogen) atoms. The summed E-state index contributed by atoms with van der Waals surface area (Å²) in [5.74, 6) is 0.747. The van der Waals surface area contributed by atoms with Crippen LogP contribution in [0.2, 0.25) is 0 Å². The van der Waals surface area contributed by atoms with Gasteiger partial charge in [0, 0.05) is 6.54 Å². The molecule has 1 heterocycles. The van der Waals surface area contributed by atoms with E-state index >= 15 is 0 Å². The van der Waals surface area contributed by atoms with Gasteiger partial charge in [0.15, 0.2) is 12.5 Å². The summed E-state index contributed by atoms with van der Waals surface area (Å²) in [6.45, 7) is 3.83. The summed E-state index contributed by atoms with van der Waals surface area (Å²) >= 11 is 0. The van der Waals surface area contributed by atoms with Crippen molar-refractivity contribution in [2.75, 3.05) is 6.79 Å². The van der Waals surface area contributed by atoms with Gasteiger partial charge in [0.05, 0.1) is 19.0 Å². The van der Waals surface area contributed by atoms with Crippen molar-refractivity contribution < 1.29 is 9.47 Å². The summed E-state index contributed by atoms with van der Waals surface area (Å²) < 4.78 is 12.8. The normalized spacial score (nSPS) is 10.5. The van der Waals surface area contributed by atoms with Gasteiger partial charge in [-0.3, -0.25) is 4.68 Å². The largest absolute Gasteiger partial charge is 0.464 e. The number of ether oxygens (including phenoxy) is 2. The summed E-state index contributed by atoms with van der Waals surface area (Å²) in [6, 6.07) is 10.0. The molecule has 2 aromatic rings. The van der Waals surface area contributed by atoms with E-state index in [1.807, 2.05) is 41.2 Å². The number of rotatable bonds is 7. The quantitative estimate of drug-likeness (QED) is 0.556. The highest BCUT2D eigenvalue weighted by molar-refractivity contribution is 5.13. The Labute approximate surface area is 107 Å². The topological polar surface area (TPSA) is 36.3 Å². The number of benzene rings is 1. The average molecular weight is 246 g/mol. The lowest BCUT2D eigenvalue weighted by atomic mass is 10.2. The van der Waals surface area contributed by atoms with Gasteiger partial charge in [-0.05, 0) is 12.0 Å². The summed E-state index contributed by atoms with van der Waals surface area (Å²) in [5.41, 5.74) is 1.14. The maximum Gasteiger partial charge on any atom is 0.189 e. The average Bonchev–Trinajstić information content (AvgIpc) is 2.84. The van der Waals surface area contributed by atoms with Gasteiger partial charge in [-0.1, -0.05) is 37.3 Å². The fourth-order valence-electron chi connectivity index (χ4n) is 1.61. The maximum atomic E-state index is 5.45. The van der Waals surface area contributed by atoms with Gasteiger partial charge in [0.1, 0.15) is 0 Å². The summed E-state index contributed by atoms with van der Waals surface area (Å²) in [5, 5.41) is 4.18. The lowest BCUT2D eigenvalue weighted by Crippen LogP contribution is -2.02. The predicted molar refractivity (Wildman–Crippen MR) is 69.2 cm³/mol. The van der Waals surface area contributed by atoms with Crippen molar-refractivity contribution in [1.29, 1.82) is 0 Å². The first-order valence-corrected chi connectivity index (χ1v) is 6.15. The monoisotopic (exact) mass is 246 g/mol. The van der Waals surface area contributed by atoms with Crippen LogP contribution in [0.4, 0.5) is 0 Å². The fourth-order valence-corrected chi connectivity index (χ4v) is 1.61. The van der Waals surface area contributed by atoms with Gasteiger partial charge in [0.25, 0.3) is 0 Å². The molecule has 0 bridgehead atoms. The molecule has 0 saturated heterocycles. The van der Waals surface area contributed by atoms with Crippen LogP contribution < -0.4 is 4.74 Å². The van der Waals surface area contributed by atoms with E-state index in [4.69, 9.17) is 9.47 Å². The third kappa shape index (κ3) is 3.89. The molecular weight excluding hydrogens is 228 g/mol. The molecule has 0 radical (unpaired) electrons. The van der Waals surface area contributed by atoms with Gasteiger partial charge in [-0.25, -0.2) is 0 Å². The Morgan fingerprint density at radius 3 is 2.83 bits per heavy atom. The second-order valence-corrected chi connectivity index (χ2v) is 4.04. The zero-order valence-corrected chi connectivity index (χ0v) is 10.6. The Balaban J connectivity index is 1.68. The fraction of sp³-hybridized carbons (Fsp3) is 0.357. The van der Waals surface area contributed by atoms with Crippen molar-refractivity contribution in [3.05, 3.63) is 48.3 Å². The van der Waals surface area contributed by atoms with Gasteiger partial charge < -0.3 is 9.47 Å². The van der Waals surface area contributed by atoms with E-state index in [0.29, 0.717) is 6.61 Å². The van der Waals surface area contributed by atoms with Crippen molar-refractivity contribution in [2.45, 2.75) is 26.5 Å². The van der Waals surface area contributed by atoms with E-state index in [1.165, 1.54) is 0 Å². The smallest absolute Gasteiger partial charge is 0.189 e. The molecule has 1 aromatic carbocycles. The predicted octanol–water partition coefficient (Wildman–Crippen LogP) is 2.85. The zero-order valence-electron chi connectivity index (χ0n) is 10.6. The molecule has 4 heteroatoms. The van der Waals surface area contributed by atoms with Crippen LogP contribution >= 0.6 is 0 Å². The van der Waals surface area contributed by atoms with Crippen molar-refractivity contribution in [1.82, 2.24) is 9.78 Å². The van der Waals surface area contributed by atoms with Gasteiger partial charge in [-0.15, -0.1) is 0 Å². The van der Waals surface area contributed by atoms with Crippen LogP contribution in [-0.4, -0.2) is 16.6 Å². The first-order valence-electron chi connectivity index (χ1n) is 6.15.